The zero-order valence-corrected chi connectivity index (χ0v) is 16.6. The first-order valence-electron chi connectivity index (χ1n) is 9.85. The van der Waals surface area contributed by atoms with E-state index >= 15 is 0 Å². The average Bonchev–Trinajstić information content (AvgIpc) is 3.15. The van der Waals surface area contributed by atoms with Gasteiger partial charge in [0.1, 0.15) is 11.3 Å². The van der Waals surface area contributed by atoms with Crippen molar-refractivity contribution in [3.8, 4) is 22.6 Å². The molecular formula is C21H22N8O. The summed E-state index contributed by atoms with van der Waals surface area (Å²) >= 11 is 0. The number of rotatable bonds is 3. The number of nitrogens with two attached hydrogens (primary N) is 1. The molecule has 9 heteroatoms. The first-order valence-corrected chi connectivity index (χ1v) is 9.85. The van der Waals surface area contributed by atoms with Gasteiger partial charge in [0.2, 0.25) is 5.56 Å². The predicted octanol–water partition coefficient (Wildman–Crippen LogP) is 0.982. The first-order chi connectivity index (χ1) is 14.6. The summed E-state index contributed by atoms with van der Waals surface area (Å²) in [6, 6.07) is 11.0. The van der Waals surface area contributed by atoms with Crippen molar-refractivity contribution in [1.82, 2.24) is 29.5 Å². The summed E-state index contributed by atoms with van der Waals surface area (Å²) in [6.45, 7) is 3.40. The molecule has 0 atom stereocenters. The van der Waals surface area contributed by atoms with E-state index in [1.165, 1.54) is 0 Å². The second-order valence-electron chi connectivity index (χ2n) is 7.29. The van der Waals surface area contributed by atoms with Crippen LogP contribution in [-0.4, -0.2) is 50.4 Å². The maximum Gasteiger partial charge on any atom is 0.250 e. The Morgan fingerprint density at radius 3 is 2.67 bits per heavy atom. The van der Waals surface area contributed by atoms with Crippen LogP contribution in [0.3, 0.4) is 0 Å². The molecule has 1 aliphatic heterocycles. The molecule has 0 radical (unpaired) electrons. The molecule has 4 aromatic rings. The monoisotopic (exact) mass is 402 g/mol. The van der Waals surface area contributed by atoms with Gasteiger partial charge in [-0.15, -0.1) is 0 Å². The van der Waals surface area contributed by atoms with Crippen molar-refractivity contribution in [2.24, 2.45) is 7.05 Å². The Labute approximate surface area is 172 Å². The van der Waals surface area contributed by atoms with Crippen molar-refractivity contribution in [1.29, 1.82) is 0 Å². The molecule has 0 aromatic carbocycles. The minimum atomic E-state index is -0.0555. The predicted molar refractivity (Wildman–Crippen MR) is 117 cm³/mol. The van der Waals surface area contributed by atoms with E-state index in [4.69, 9.17) is 15.7 Å². The van der Waals surface area contributed by atoms with Crippen LogP contribution in [0.1, 0.15) is 0 Å². The molecule has 0 amide bonds. The minimum absolute atomic E-state index is 0.0555. The Kier molecular flexibility index (Phi) is 4.44. The van der Waals surface area contributed by atoms with Crippen LogP contribution in [0.2, 0.25) is 0 Å². The third-order valence-electron chi connectivity index (χ3n) is 5.32. The molecule has 4 aromatic heterocycles. The van der Waals surface area contributed by atoms with Crippen molar-refractivity contribution in [3.05, 3.63) is 59.1 Å². The maximum absolute atomic E-state index is 11.8. The van der Waals surface area contributed by atoms with Crippen LogP contribution < -0.4 is 21.6 Å². The summed E-state index contributed by atoms with van der Waals surface area (Å²) in [6.07, 6.45) is 3.47. The highest BCUT2D eigenvalue weighted by Crippen LogP contribution is 2.29. The molecule has 1 saturated heterocycles. The van der Waals surface area contributed by atoms with E-state index < -0.39 is 0 Å². The normalized spacial score (nSPS) is 14.4. The Bertz CT molecular complexity index is 1290. The number of nitrogens with one attached hydrogen (secondary N) is 1. The van der Waals surface area contributed by atoms with E-state index in [0.29, 0.717) is 5.82 Å². The van der Waals surface area contributed by atoms with Crippen molar-refractivity contribution in [2.75, 3.05) is 36.9 Å². The molecule has 0 aliphatic carbocycles. The number of aromatic nitrogens is 5. The Morgan fingerprint density at radius 1 is 1.07 bits per heavy atom. The SMILES string of the molecule is Cn1cc(-c2ccc3nc(-c4cccnc4N)n(N4CCNCC4)c3n2)ccc1=O. The van der Waals surface area contributed by atoms with E-state index in [1.54, 1.807) is 36.1 Å². The van der Waals surface area contributed by atoms with Gasteiger partial charge >= 0.3 is 0 Å². The number of aryl methyl sites for hydroxylation is 1. The van der Waals surface area contributed by atoms with Crippen molar-refractivity contribution in [3.63, 3.8) is 0 Å². The topological polar surface area (TPSA) is 107 Å². The van der Waals surface area contributed by atoms with Gasteiger partial charge < -0.3 is 20.6 Å². The van der Waals surface area contributed by atoms with Gasteiger partial charge in [-0.1, -0.05) is 0 Å². The van der Waals surface area contributed by atoms with Gasteiger partial charge in [-0.25, -0.2) is 19.6 Å². The van der Waals surface area contributed by atoms with Gasteiger partial charge in [0.05, 0.1) is 11.3 Å². The van der Waals surface area contributed by atoms with E-state index in [9.17, 15) is 4.79 Å². The summed E-state index contributed by atoms with van der Waals surface area (Å²) in [5.41, 5.74) is 10.1. The van der Waals surface area contributed by atoms with E-state index in [0.717, 1.165) is 60.0 Å². The largest absolute Gasteiger partial charge is 0.383 e. The van der Waals surface area contributed by atoms with Crippen LogP contribution in [0.4, 0.5) is 5.82 Å². The number of nitrogen functional groups attached to an aromatic ring is 1. The lowest BCUT2D eigenvalue weighted by Gasteiger charge is -2.31. The number of fused-ring (bicyclic) bond motifs is 1. The van der Waals surface area contributed by atoms with Crippen molar-refractivity contribution >= 4 is 17.0 Å². The molecule has 0 saturated carbocycles. The van der Waals surface area contributed by atoms with Gasteiger partial charge in [-0.2, -0.15) is 0 Å². The van der Waals surface area contributed by atoms with Gasteiger partial charge in [-0.05, 0) is 30.3 Å². The number of imidazole rings is 1. The van der Waals surface area contributed by atoms with Crippen molar-refractivity contribution in [2.45, 2.75) is 0 Å². The summed E-state index contributed by atoms with van der Waals surface area (Å²) in [5, 5.41) is 5.61. The second-order valence-corrected chi connectivity index (χ2v) is 7.29. The van der Waals surface area contributed by atoms with E-state index in [1.807, 2.05) is 24.3 Å². The second kappa shape index (κ2) is 7.27. The summed E-state index contributed by atoms with van der Waals surface area (Å²) in [4.78, 5) is 25.8. The van der Waals surface area contributed by atoms with Crippen LogP contribution in [0, 0.1) is 0 Å². The lowest BCUT2D eigenvalue weighted by Crippen LogP contribution is -2.49. The van der Waals surface area contributed by atoms with E-state index in [2.05, 4.69) is 20.0 Å². The third-order valence-corrected chi connectivity index (χ3v) is 5.32. The maximum atomic E-state index is 11.8. The molecule has 5 heterocycles. The number of hydrogen-bond donors (Lipinski definition) is 2. The van der Waals surface area contributed by atoms with Gasteiger partial charge in [0.15, 0.2) is 11.5 Å². The molecule has 152 valence electrons. The van der Waals surface area contributed by atoms with Crippen LogP contribution in [0.5, 0.6) is 0 Å². The van der Waals surface area contributed by atoms with Gasteiger partial charge in [-0.3, -0.25) is 4.79 Å². The highest BCUT2D eigenvalue weighted by molar-refractivity contribution is 5.82. The quantitative estimate of drug-likeness (QED) is 0.526. The van der Waals surface area contributed by atoms with Crippen molar-refractivity contribution < 1.29 is 0 Å². The molecule has 0 unspecified atom stereocenters. The Morgan fingerprint density at radius 2 is 1.90 bits per heavy atom. The molecule has 0 bridgehead atoms. The number of nitrogens with zero attached hydrogens (tertiary/aromatic N) is 6. The van der Waals surface area contributed by atoms with Gasteiger partial charge in [0, 0.05) is 57.3 Å². The molecule has 1 fully saturated rings. The lowest BCUT2D eigenvalue weighted by atomic mass is 10.2. The molecule has 3 N–H and O–H groups in total. The van der Waals surface area contributed by atoms with Crippen LogP contribution in [0.15, 0.2) is 53.6 Å². The summed E-state index contributed by atoms with van der Waals surface area (Å²) in [5.74, 6) is 1.16. The molecular weight excluding hydrogens is 380 g/mol. The van der Waals surface area contributed by atoms with Gasteiger partial charge in [0.25, 0.3) is 0 Å². The number of hydrogen-bond acceptors (Lipinski definition) is 7. The Hall–Kier alpha value is -3.72. The Balaban J connectivity index is 1.73. The highest BCUT2D eigenvalue weighted by atomic mass is 16.1. The first kappa shape index (κ1) is 18.3. The summed E-state index contributed by atoms with van der Waals surface area (Å²) in [7, 11) is 1.73. The van der Waals surface area contributed by atoms with E-state index in [-0.39, 0.29) is 5.56 Å². The smallest absolute Gasteiger partial charge is 0.250 e. The number of pyridine rings is 3. The fourth-order valence-electron chi connectivity index (χ4n) is 3.75. The average molecular weight is 402 g/mol. The fraction of sp³-hybridized carbons (Fsp3) is 0.238. The molecule has 1 aliphatic rings. The molecule has 0 spiro atoms. The molecule has 5 rings (SSSR count). The molecule has 30 heavy (non-hydrogen) atoms. The lowest BCUT2D eigenvalue weighted by molar-refractivity contribution is 0.499. The minimum Gasteiger partial charge on any atom is -0.383 e. The number of anilines is 1. The standard InChI is InChI=1S/C21H22N8O/c1-27-13-14(4-7-18(27)30)16-5-6-17-21(25-16)29(28-11-9-23-10-12-28)20(26-17)15-3-2-8-24-19(15)22/h2-8,13,23H,9-12H2,1H3,(H2,22,24). The van der Waals surface area contributed by atoms with Crippen LogP contribution in [-0.2, 0) is 7.05 Å². The fourth-order valence-corrected chi connectivity index (χ4v) is 3.75. The number of piperazine rings is 1. The third kappa shape index (κ3) is 3.09. The highest BCUT2D eigenvalue weighted by Gasteiger charge is 2.22. The zero-order valence-electron chi connectivity index (χ0n) is 16.6. The molecule has 9 nitrogen and oxygen atoms in total. The van der Waals surface area contributed by atoms with Crippen LogP contribution >= 0.6 is 0 Å². The summed E-state index contributed by atoms with van der Waals surface area (Å²) < 4.78 is 3.60. The zero-order chi connectivity index (χ0) is 20.7. The van der Waals surface area contributed by atoms with Crippen LogP contribution in [0.25, 0.3) is 33.8 Å².